The largest absolute Gasteiger partial charge is 0.382 e. The zero-order chi connectivity index (χ0) is 25.6. The molecule has 1 aliphatic carbocycles. The number of halogens is 2. The van der Waals surface area contributed by atoms with E-state index >= 15 is 0 Å². The van der Waals surface area contributed by atoms with E-state index in [4.69, 9.17) is 22.1 Å². The van der Waals surface area contributed by atoms with Crippen molar-refractivity contribution < 1.29 is 23.5 Å². The fourth-order valence-corrected chi connectivity index (χ4v) is 5.49. The van der Waals surface area contributed by atoms with Crippen LogP contribution in [0.15, 0.2) is 48.7 Å². The van der Waals surface area contributed by atoms with E-state index in [1.165, 1.54) is 17.7 Å². The third kappa shape index (κ3) is 4.33. The maximum absolute atomic E-state index is 14.7. The van der Waals surface area contributed by atoms with E-state index < -0.39 is 23.9 Å². The molecule has 5 rings (SSSR count). The first-order valence-corrected chi connectivity index (χ1v) is 12.1. The lowest BCUT2D eigenvalue weighted by molar-refractivity contribution is -0.139. The van der Waals surface area contributed by atoms with Gasteiger partial charge in [0.25, 0.3) is 0 Å². The van der Waals surface area contributed by atoms with Crippen molar-refractivity contribution >= 4 is 40.3 Å². The third-order valence-electron chi connectivity index (χ3n) is 7.08. The van der Waals surface area contributed by atoms with Gasteiger partial charge in [0.15, 0.2) is 0 Å². The Balaban J connectivity index is 1.37. The van der Waals surface area contributed by atoms with E-state index in [9.17, 15) is 18.8 Å². The van der Waals surface area contributed by atoms with Crippen LogP contribution in [0.2, 0.25) is 5.02 Å². The van der Waals surface area contributed by atoms with Crippen LogP contribution in [-0.4, -0.2) is 53.1 Å². The molecule has 3 aromatic rings. The van der Waals surface area contributed by atoms with Crippen LogP contribution in [0.3, 0.4) is 0 Å². The molecule has 0 bridgehead atoms. The average molecular weight is 513 g/mol. The van der Waals surface area contributed by atoms with Crippen LogP contribution < -0.4 is 11.1 Å². The van der Waals surface area contributed by atoms with Gasteiger partial charge in [-0.3, -0.25) is 14.2 Å². The number of methoxy groups -OCH3 is 1. The fraction of sp³-hybridized carbons (Fsp3) is 0.346. The van der Waals surface area contributed by atoms with Gasteiger partial charge in [-0.2, -0.15) is 0 Å². The van der Waals surface area contributed by atoms with Crippen LogP contribution >= 0.6 is 11.6 Å². The van der Waals surface area contributed by atoms with Crippen molar-refractivity contribution in [3.8, 4) is 0 Å². The second kappa shape index (κ2) is 9.55. The van der Waals surface area contributed by atoms with Crippen LogP contribution in [0.25, 0.3) is 10.9 Å². The van der Waals surface area contributed by atoms with Gasteiger partial charge in [0.1, 0.15) is 11.9 Å². The van der Waals surface area contributed by atoms with Gasteiger partial charge in [0, 0.05) is 30.3 Å². The summed E-state index contributed by atoms with van der Waals surface area (Å²) in [6, 6.07) is 9.75. The molecule has 0 spiro atoms. The number of nitrogens with zero attached hydrogens (tertiary/aromatic N) is 2. The topological polar surface area (TPSA) is 107 Å². The van der Waals surface area contributed by atoms with Crippen molar-refractivity contribution in [3.05, 3.63) is 70.6 Å². The minimum Gasteiger partial charge on any atom is -0.382 e. The highest BCUT2D eigenvalue weighted by molar-refractivity contribution is 6.30. The van der Waals surface area contributed by atoms with E-state index in [2.05, 4.69) is 5.32 Å². The number of nitrogens with one attached hydrogen (secondary N) is 1. The molecule has 2 aromatic carbocycles. The number of hydrogen-bond donors (Lipinski definition) is 2. The molecule has 1 saturated heterocycles. The number of benzene rings is 2. The van der Waals surface area contributed by atoms with Crippen molar-refractivity contribution in [1.29, 1.82) is 0 Å². The molecular formula is C26H26ClFN4O4. The molecule has 4 atom stereocenters. The fourth-order valence-electron chi connectivity index (χ4n) is 5.31. The van der Waals surface area contributed by atoms with Crippen LogP contribution in [0, 0.1) is 11.7 Å². The van der Waals surface area contributed by atoms with Crippen molar-refractivity contribution in [1.82, 2.24) is 14.8 Å². The highest BCUT2D eigenvalue weighted by Gasteiger charge is 2.56. The van der Waals surface area contributed by atoms with Gasteiger partial charge in [0.05, 0.1) is 29.6 Å². The quantitative estimate of drug-likeness (QED) is 0.506. The number of carbonyl (C=O) groups is 3. The zero-order valence-electron chi connectivity index (χ0n) is 19.6. The maximum Gasteiger partial charge on any atom is 0.323 e. The van der Waals surface area contributed by atoms with Gasteiger partial charge in [0.2, 0.25) is 11.8 Å². The highest BCUT2D eigenvalue weighted by atomic mass is 35.5. The summed E-state index contributed by atoms with van der Waals surface area (Å²) in [5.41, 5.74) is 7.01. The molecule has 188 valence electrons. The second-order valence-corrected chi connectivity index (χ2v) is 9.74. The summed E-state index contributed by atoms with van der Waals surface area (Å²) in [6.45, 7) is 0.0448. The summed E-state index contributed by atoms with van der Waals surface area (Å²) in [5.74, 6) is -0.920. The van der Waals surface area contributed by atoms with Crippen LogP contribution in [0.5, 0.6) is 0 Å². The molecular weight excluding hydrogens is 487 g/mol. The molecule has 2 heterocycles. The number of ether oxygens (including phenoxy) is 1. The molecule has 8 nitrogen and oxygen atoms in total. The average Bonchev–Trinajstić information content (AvgIpc) is 3.35. The number of rotatable bonds is 7. The summed E-state index contributed by atoms with van der Waals surface area (Å²) in [6.07, 6.45) is 3.00. The second-order valence-electron chi connectivity index (χ2n) is 9.33. The molecule has 1 aromatic heterocycles. The molecule has 3 amide bonds. The minimum absolute atomic E-state index is 0.00141. The number of para-hydroxylation sites is 1. The SMILES string of the molecule is COC[C@@H](NC(=O)[C@@H]1C[C@H]2C[C@H]2N1C(=O)Cc1cn(C(N)=O)c2ccccc12)c1cccc(Cl)c1F. The Bertz CT molecular complexity index is 1360. The van der Waals surface area contributed by atoms with E-state index in [0.717, 1.165) is 11.8 Å². The maximum atomic E-state index is 14.7. The van der Waals surface area contributed by atoms with Gasteiger partial charge in [-0.05, 0) is 36.5 Å². The number of piperidine rings is 1. The first-order valence-electron chi connectivity index (χ1n) is 11.7. The Morgan fingerprint density at radius 3 is 2.72 bits per heavy atom. The molecule has 10 heteroatoms. The predicted molar refractivity (Wildman–Crippen MR) is 132 cm³/mol. The number of carbonyl (C=O) groups excluding carboxylic acids is 3. The van der Waals surface area contributed by atoms with Gasteiger partial charge in [-0.1, -0.05) is 41.9 Å². The summed E-state index contributed by atoms with van der Waals surface area (Å²) < 4.78 is 21.2. The molecule has 2 aliphatic rings. The Labute approximate surface area is 212 Å². The molecule has 1 saturated carbocycles. The summed E-state index contributed by atoms with van der Waals surface area (Å²) >= 11 is 5.94. The summed E-state index contributed by atoms with van der Waals surface area (Å²) in [7, 11) is 1.46. The molecule has 36 heavy (non-hydrogen) atoms. The Hall–Kier alpha value is -3.43. The first-order chi connectivity index (χ1) is 17.3. The standard InChI is InChI=1S/C26H26ClFN4O4/c1-36-13-19(17-6-4-7-18(27)24(17)28)30-25(34)22-10-14-9-21(14)32(22)23(33)11-15-12-31(26(29)35)20-8-3-2-5-16(15)20/h2-8,12,14,19,21-22H,9-11,13H2,1H3,(H2,29,35)(H,30,34)/t14-,19-,21-,22+/m1/s1. The number of amides is 3. The Kier molecular flexibility index (Phi) is 6.44. The Morgan fingerprint density at radius 1 is 1.19 bits per heavy atom. The zero-order valence-corrected chi connectivity index (χ0v) is 20.4. The normalized spacial score (nSPS) is 21.3. The molecule has 3 N–H and O–H groups in total. The van der Waals surface area contributed by atoms with E-state index in [-0.39, 0.29) is 47.4 Å². The van der Waals surface area contributed by atoms with Gasteiger partial charge < -0.3 is 20.7 Å². The van der Waals surface area contributed by atoms with Gasteiger partial charge in [-0.15, -0.1) is 0 Å². The number of aromatic nitrogens is 1. The number of fused-ring (bicyclic) bond motifs is 2. The van der Waals surface area contributed by atoms with E-state index in [1.54, 1.807) is 35.4 Å². The highest BCUT2D eigenvalue weighted by Crippen LogP contribution is 2.48. The number of nitrogens with two attached hydrogens (primary N) is 1. The van der Waals surface area contributed by atoms with Crippen LogP contribution in [0.4, 0.5) is 9.18 Å². The summed E-state index contributed by atoms with van der Waals surface area (Å²) in [5, 5.41) is 3.57. The minimum atomic E-state index is -0.761. The van der Waals surface area contributed by atoms with Crippen LogP contribution in [-0.2, 0) is 20.7 Å². The van der Waals surface area contributed by atoms with Crippen molar-refractivity contribution in [2.45, 2.75) is 37.4 Å². The van der Waals surface area contributed by atoms with Crippen molar-refractivity contribution in [2.75, 3.05) is 13.7 Å². The molecule has 1 aliphatic heterocycles. The molecule has 2 fully saturated rings. The lowest BCUT2D eigenvalue weighted by atomic mass is 10.0. The summed E-state index contributed by atoms with van der Waals surface area (Å²) in [4.78, 5) is 40.4. The van der Waals surface area contributed by atoms with E-state index in [1.807, 2.05) is 12.1 Å². The lowest BCUT2D eigenvalue weighted by Gasteiger charge is -2.29. The smallest absolute Gasteiger partial charge is 0.323 e. The number of hydrogen-bond acceptors (Lipinski definition) is 4. The number of primary amides is 1. The number of likely N-dealkylation sites (tertiary alicyclic amines) is 1. The molecule has 0 radical (unpaired) electrons. The van der Waals surface area contributed by atoms with Crippen LogP contribution in [0.1, 0.15) is 30.0 Å². The van der Waals surface area contributed by atoms with E-state index in [0.29, 0.717) is 17.5 Å². The van der Waals surface area contributed by atoms with Crippen molar-refractivity contribution in [2.24, 2.45) is 11.7 Å². The lowest BCUT2D eigenvalue weighted by Crippen LogP contribution is -2.49. The molecule has 0 unspecified atom stereocenters. The Morgan fingerprint density at radius 2 is 1.97 bits per heavy atom. The monoisotopic (exact) mass is 512 g/mol. The van der Waals surface area contributed by atoms with Gasteiger partial charge >= 0.3 is 6.03 Å². The van der Waals surface area contributed by atoms with Crippen molar-refractivity contribution in [3.63, 3.8) is 0 Å². The predicted octanol–water partition coefficient (Wildman–Crippen LogP) is 3.40. The van der Waals surface area contributed by atoms with Gasteiger partial charge in [-0.25, -0.2) is 9.18 Å². The third-order valence-corrected chi connectivity index (χ3v) is 7.37. The first kappa shape index (κ1) is 24.3.